The lowest BCUT2D eigenvalue weighted by atomic mass is 10.2. The van der Waals surface area contributed by atoms with Crippen molar-refractivity contribution in [3.63, 3.8) is 0 Å². The summed E-state index contributed by atoms with van der Waals surface area (Å²) < 4.78 is 5.62. The van der Waals surface area contributed by atoms with Crippen LogP contribution in [0.3, 0.4) is 0 Å². The molecule has 0 unspecified atom stereocenters. The molecule has 1 aromatic rings. The van der Waals surface area contributed by atoms with Gasteiger partial charge in [-0.25, -0.2) is 0 Å². The van der Waals surface area contributed by atoms with Crippen LogP contribution in [0.5, 0.6) is 0 Å². The third kappa shape index (κ3) is 17.5. The lowest BCUT2D eigenvalue weighted by Crippen LogP contribution is -2.29. The molecule has 0 saturated carbocycles. The molecule has 0 radical (unpaired) electrons. The number of pyridine rings is 1. The summed E-state index contributed by atoms with van der Waals surface area (Å²) in [7, 11) is 1.84. The SMILES string of the molecule is CCC=CCC=CCC=CCC=CCC=CCCCC(=O)N(C)CCOCc1cccnc1. The van der Waals surface area contributed by atoms with Crippen LogP contribution in [-0.4, -0.2) is 36.0 Å². The predicted molar refractivity (Wildman–Crippen MR) is 140 cm³/mol. The minimum absolute atomic E-state index is 0.173. The van der Waals surface area contributed by atoms with Crippen molar-refractivity contribution in [3.05, 3.63) is 90.9 Å². The summed E-state index contributed by atoms with van der Waals surface area (Å²) in [4.78, 5) is 18.0. The van der Waals surface area contributed by atoms with Gasteiger partial charge in [0, 0.05) is 32.4 Å². The van der Waals surface area contributed by atoms with Gasteiger partial charge in [-0.15, -0.1) is 0 Å². The standard InChI is InChI=1S/C29H42N2O2/c1-3-4-5-6-7-8-9-10-11-12-13-14-15-16-17-18-19-22-29(32)31(2)24-25-33-27-28-21-20-23-30-26-28/h4-5,7-8,10-11,13-14,16-17,20-21,23,26H,3,6,9,12,15,18-19,22,24-25,27H2,1-2H3. The van der Waals surface area contributed by atoms with Crippen molar-refractivity contribution in [1.82, 2.24) is 9.88 Å². The maximum Gasteiger partial charge on any atom is 0.222 e. The summed E-state index contributed by atoms with van der Waals surface area (Å²) in [5.41, 5.74) is 1.04. The van der Waals surface area contributed by atoms with Gasteiger partial charge in [0.25, 0.3) is 0 Å². The van der Waals surface area contributed by atoms with E-state index in [9.17, 15) is 4.79 Å². The second-order valence-corrected chi connectivity index (χ2v) is 7.83. The fraction of sp³-hybridized carbons (Fsp3) is 0.448. The van der Waals surface area contributed by atoms with Crippen molar-refractivity contribution >= 4 is 5.91 Å². The first-order chi connectivity index (χ1) is 16.2. The number of unbranched alkanes of at least 4 members (excludes halogenated alkanes) is 1. The van der Waals surface area contributed by atoms with Crippen molar-refractivity contribution in [2.45, 2.75) is 64.9 Å². The maximum atomic E-state index is 12.2. The van der Waals surface area contributed by atoms with E-state index in [1.165, 1.54) is 0 Å². The van der Waals surface area contributed by atoms with E-state index < -0.39 is 0 Å². The third-order valence-corrected chi connectivity index (χ3v) is 4.91. The molecule has 180 valence electrons. The number of hydrogen-bond donors (Lipinski definition) is 0. The first kappa shape index (κ1) is 28.3. The Morgan fingerprint density at radius 2 is 1.55 bits per heavy atom. The highest BCUT2D eigenvalue weighted by Gasteiger charge is 2.07. The van der Waals surface area contributed by atoms with Crippen molar-refractivity contribution in [2.24, 2.45) is 0 Å². The molecule has 0 aliphatic rings. The van der Waals surface area contributed by atoms with Gasteiger partial charge in [0.15, 0.2) is 0 Å². The highest BCUT2D eigenvalue weighted by Crippen LogP contribution is 2.03. The van der Waals surface area contributed by atoms with Crippen LogP contribution >= 0.6 is 0 Å². The molecular formula is C29H42N2O2. The molecule has 33 heavy (non-hydrogen) atoms. The summed E-state index contributed by atoms with van der Waals surface area (Å²) in [6.07, 6.45) is 33.0. The first-order valence-electron chi connectivity index (χ1n) is 12.2. The van der Waals surface area contributed by atoms with Crippen molar-refractivity contribution < 1.29 is 9.53 Å². The van der Waals surface area contributed by atoms with Crippen LogP contribution in [0.25, 0.3) is 0 Å². The molecule has 0 aliphatic heterocycles. The fourth-order valence-electron chi connectivity index (χ4n) is 2.93. The van der Waals surface area contributed by atoms with Gasteiger partial charge in [-0.2, -0.15) is 0 Å². The Balaban J connectivity index is 1.97. The Hall–Kier alpha value is -2.72. The number of allylic oxidation sites excluding steroid dienone is 10. The summed E-state index contributed by atoms with van der Waals surface area (Å²) in [5, 5.41) is 0. The predicted octanol–water partition coefficient (Wildman–Crippen LogP) is 6.98. The molecule has 1 heterocycles. The van der Waals surface area contributed by atoms with E-state index in [0.717, 1.165) is 50.5 Å². The monoisotopic (exact) mass is 450 g/mol. The van der Waals surface area contributed by atoms with E-state index >= 15 is 0 Å². The zero-order valence-electron chi connectivity index (χ0n) is 20.6. The Kier molecular flexibility index (Phi) is 18.1. The number of aromatic nitrogens is 1. The molecule has 4 heteroatoms. The van der Waals surface area contributed by atoms with Gasteiger partial charge >= 0.3 is 0 Å². The van der Waals surface area contributed by atoms with E-state index in [-0.39, 0.29) is 5.91 Å². The van der Waals surface area contributed by atoms with Gasteiger partial charge in [0.1, 0.15) is 0 Å². The van der Waals surface area contributed by atoms with Gasteiger partial charge in [-0.05, 0) is 56.6 Å². The number of likely N-dealkylation sites (N-methyl/N-ethyl adjacent to an activating group) is 1. The van der Waals surface area contributed by atoms with E-state index in [0.29, 0.717) is 26.2 Å². The Labute approximate surface area is 201 Å². The molecule has 0 bridgehead atoms. The summed E-state index contributed by atoms with van der Waals surface area (Å²) in [6.45, 7) is 3.83. The molecule has 0 N–H and O–H groups in total. The van der Waals surface area contributed by atoms with E-state index in [4.69, 9.17) is 4.74 Å². The molecule has 0 aromatic carbocycles. The van der Waals surface area contributed by atoms with Crippen LogP contribution < -0.4 is 0 Å². The number of hydrogen-bond acceptors (Lipinski definition) is 3. The molecule has 0 atom stereocenters. The minimum Gasteiger partial charge on any atom is -0.375 e. The van der Waals surface area contributed by atoms with E-state index in [1.807, 2.05) is 19.2 Å². The quantitative estimate of drug-likeness (QED) is 0.179. The Morgan fingerprint density at radius 1 is 0.939 bits per heavy atom. The average molecular weight is 451 g/mol. The van der Waals surface area contributed by atoms with Gasteiger partial charge < -0.3 is 9.64 Å². The zero-order chi connectivity index (χ0) is 23.8. The summed E-state index contributed by atoms with van der Waals surface area (Å²) in [6, 6.07) is 3.88. The summed E-state index contributed by atoms with van der Waals surface area (Å²) >= 11 is 0. The van der Waals surface area contributed by atoms with Crippen LogP contribution in [0.2, 0.25) is 0 Å². The highest BCUT2D eigenvalue weighted by atomic mass is 16.5. The first-order valence-corrected chi connectivity index (χ1v) is 12.2. The maximum absolute atomic E-state index is 12.2. The van der Waals surface area contributed by atoms with Crippen molar-refractivity contribution in [2.75, 3.05) is 20.2 Å². The van der Waals surface area contributed by atoms with E-state index in [1.54, 1.807) is 17.3 Å². The Bertz CT molecular complexity index is 748. The molecule has 1 amide bonds. The largest absolute Gasteiger partial charge is 0.375 e. The number of carbonyl (C=O) groups excluding carboxylic acids is 1. The normalized spacial score (nSPS) is 12.3. The Morgan fingerprint density at radius 3 is 2.12 bits per heavy atom. The molecule has 0 fully saturated rings. The minimum atomic E-state index is 0.173. The third-order valence-electron chi connectivity index (χ3n) is 4.91. The second kappa shape index (κ2) is 21.1. The molecule has 0 aliphatic carbocycles. The number of ether oxygens (including phenoxy) is 1. The van der Waals surface area contributed by atoms with Crippen LogP contribution in [0.1, 0.15) is 63.9 Å². The van der Waals surface area contributed by atoms with Crippen molar-refractivity contribution in [1.29, 1.82) is 0 Å². The molecule has 0 spiro atoms. The molecule has 4 nitrogen and oxygen atoms in total. The number of carbonyl (C=O) groups is 1. The number of rotatable bonds is 18. The lowest BCUT2D eigenvalue weighted by Gasteiger charge is -2.17. The molecule has 1 aromatic heterocycles. The average Bonchev–Trinajstić information content (AvgIpc) is 2.84. The fourth-order valence-corrected chi connectivity index (χ4v) is 2.93. The van der Waals surface area contributed by atoms with Gasteiger partial charge in [-0.1, -0.05) is 73.8 Å². The summed E-state index contributed by atoms with van der Waals surface area (Å²) in [5.74, 6) is 0.173. The highest BCUT2D eigenvalue weighted by molar-refractivity contribution is 5.75. The van der Waals surface area contributed by atoms with Crippen LogP contribution in [0.15, 0.2) is 85.3 Å². The van der Waals surface area contributed by atoms with Gasteiger partial charge in [0.2, 0.25) is 5.91 Å². The smallest absolute Gasteiger partial charge is 0.222 e. The van der Waals surface area contributed by atoms with E-state index in [2.05, 4.69) is 72.7 Å². The van der Waals surface area contributed by atoms with Crippen LogP contribution in [-0.2, 0) is 16.1 Å². The van der Waals surface area contributed by atoms with Gasteiger partial charge in [-0.3, -0.25) is 9.78 Å². The van der Waals surface area contributed by atoms with Crippen LogP contribution in [0.4, 0.5) is 0 Å². The molecule has 1 rings (SSSR count). The topological polar surface area (TPSA) is 42.4 Å². The number of amides is 1. The van der Waals surface area contributed by atoms with Crippen LogP contribution in [0, 0.1) is 0 Å². The molecular weight excluding hydrogens is 408 g/mol. The zero-order valence-corrected chi connectivity index (χ0v) is 20.6. The lowest BCUT2D eigenvalue weighted by molar-refractivity contribution is -0.130. The number of nitrogens with zero attached hydrogens (tertiary/aromatic N) is 2. The van der Waals surface area contributed by atoms with Crippen molar-refractivity contribution in [3.8, 4) is 0 Å². The molecule has 0 saturated heterocycles. The van der Waals surface area contributed by atoms with Gasteiger partial charge in [0.05, 0.1) is 13.2 Å². The second-order valence-electron chi connectivity index (χ2n) is 7.83.